The highest BCUT2D eigenvalue weighted by molar-refractivity contribution is 5.91. The molecule has 53 heavy (non-hydrogen) atoms. The Balaban J connectivity index is 1.53. The molecule has 0 amide bonds. The van der Waals surface area contributed by atoms with Gasteiger partial charge in [0, 0.05) is 13.2 Å². The highest BCUT2D eigenvalue weighted by atomic mass is 16.7. The van der Waals surface area contributed by atoms with Gasteiger partial charge in [0.2, 0.25) is 0 Å². The maximum atomic E-state index is 13.8. The lowest BCUT2D eigenvalue weighted by atomic mass is 9.94. The number of esters is 3. The predicted molar refractivity (Wildman–Crippen MR) is 195 cm³/mol. The molecule has 0 radical (unpaired) electrons. The lowest BCUT2D eigenvalue weighted by Crippen LogP contribution is -2.65. The molecule has 2 aliphatic rings. The molecule has 0 saturated carbocycles. The zero-order valence-corrected chi connectivity index (χ0v) is 31.2. The number of benzene rings is 3. The molecule has 3 aromatic rings. The van der Waals surface area contributed by atoms with Gasteiger partial charge in [-0.2, -0.15) is 0 Å². The normalized spacial score (nSPS) is 28.5. The van der Waals surface area contributed by atoms with Gasteiger partial charge < -0.3 is 37.9 Å². The van der Waals surface area contributed by atoms with E-state index in [1.807, 2.05) is 13.8 Å². The van der Waals surface area contributed by atoms with Crippen LogP contribution in [0.25, 0.3) is 0 Å². The number of hydrogen-bond donors (Lipinski definition) is 0. The van der Waals surface area contributed by atoms with Crippen LogP contribution in [-0.4, -0.2) is 92.3 Å². The van der Waals surface area contributed by atoms with Crippen molar-refractivity contribution in [3.05, 3.63) is 108 Å². The minimum absolute atomic E-state index is 0.254. The van der Waals surface area contributed by atoms with Gasteiger partial charge >= 0.3 is 17.9 Å². The first kappa shape index (κ1) is 40.1. The van der Waals surface area contributed by atoms with Gasteiger partial charge in [-0.05, 0) is 70.0 Å². The Bertz CT molecular complexity index is 1570. The summed E-state index contributed by atoms with van der Waals surface area (Å²) in [6, 6.07) is 25.2. The van der Waals surface area contributed by atoms with E-state index in [1.165, 1.54) is 0 Å². The quantitative estimate of drug-likeness (QED) is 0.0862. The van der Waals surface area contributed by atoms with Crippen molar-refractivity contribution >= 4 is 17.9 Å². The van der Waals surface area contributed by atoms with E-state index in [2.05, 4.69) is 13.8 Å². The summed E-state index contributed by atoms with van der Waals surface area (Å²) in [5, 5.41) is 0. The first-order valence-corrected chi connectivity index (χ1v) is 18.7. The van der Waals surface area contributed by atoms with Gasteiger partial charge in [0.25, 0.3) is 0 Å². The van der Waals surface area contributed by atoms with Gasteiger partial charge in [-0.3, -0.25) is 0 Å². The van der Waals surface area contributed by atoms with Crippen molar-refractivity contribution in [2.75, 3.05) is 13.2 Å². The molecule has 3 aromatic carbocycles. The molecule has 286 valence electrons. The number of rotatable bonds is 16. The number of ether oxygens (including phenoxy) is 8. The topological polar surface area (TPSA) is 125 Å². The van der Waals surface area contributed by atoms with E-state index in [0.29, 0.717) is 13.2 Å². The van der Waals surface area contributed by atoms with E-state index in [1.54, 1.807) is 97.9 Å². The lowest BCUT2D eigenvalue weighted by molar-refractivity contribution is -0.337. The van der Waals surface area contributed by atoms with Gasteiger partial charge in [0.15, 0.2) is 24.6 Å². The summed E-state index contributed by atoms with van der Waals surface area (Å²) in [5.74, 6) is -2.09. The molecular weight excluding hydrogens is 680 g/mol. The predicted octanol–water partition coefficient (Wildman–Crippen LogP) is 6.97. The van der Waals surface area contributed by atoms with E-state index >= 15 is 0 Å². The molecule has 0 spiro atoms. The first-order chi connectivity index (χ1) is 25.7. The summed E-state index contributed by atoms with van der Waals surface area (Å²) in [7, 11) is 0. The van der Waals surface area contributed by atoms with Crippen molar-refractivity contribution < 1.29 is 52.3 Å². The summed E-state index contributed by atoms with van der Waals surface area (Å²) >= 11 is 0. The van der Waals surface area contributed by atoms with Gasteiger partial charge in [0.1, 0.15) is 18.3 Å². The molecule has 2 heterocycles. The molecule has 0 bridgehead atoms. The van der Waals surface area contributed by atoms with E-state index in [-0.39, 0.29) is 22.8 Å². The Kier molecular flexibility index (Phi) is 15.0. The van der Waals surface area contributed by atoms with E-state index < -0.39 is 73.0 Å². The second kappa shape index (κ2) is 19.8. The van der Waals surface area contributed by atoms with Crippen LogP contribution >= 0.6 is 0 Å². The number of hydrogen-bond acceptors (Lipinski definition) is 11. The third-order valence-electron chi connectivity index (χ3n) is 9.39. The highest BCUT2D eigenvalue weighted by Gasteiger charge is 2.55. The van der Waals surface area contributed by atoms with Crippen LogP contribution in [0.2, 0.25) is 0 Å². The van der Waals surface area contributed by atoms with Crippen molar-refractivity contribution in [3.63, 3.8) is 0 Å². The Labute approximate surface area is 312 Å². The third-order valence-corrected chi connectivity index (χ3v) is 9.39. The van der Waals surface area contributed by atoms with Crippen molar-refractivity contribution in [1.82, 2.24) is 0 Å². The van der Waals surface area contributed by atoms with Crippen LogP contribution in [0.1, 0.15) is 91.4 Å². The van der Waals surface area contributed by atoms with Crippen LogP contribution in [0.3, 0.4) is 0 Å². The van der Waals surface area contributed by atoms with Crippen LogP contribution in [-0.2, 0) is 37.9 Å². The minimum atomic E-state index is -1.40. The molecule has 10 atom stereocenters. The van der Waals surface area contributed by atoms with E-state index in [4.69, 9.17) is 37.9 Å². The summed E-state index contributed by atoms with van der Waals surface area (Å²) in [6.45, 7) is 10.7. The lowest BCUT2D eigenvalue weighted by Gasteiger charge is -2.48. The van der Waals surface area contributed by atoms with Crippen LogP contribution in [0.4, 0.5) is 0 Å². The second-order valence-electron chi connectivity index (χ2n) is 13.4. The minimum Gasteiger partial charge on any atom is -0.452 e. The van der Waals surface area contributed by atoms with Gasteiger partial charge in [-0.15, -0.1) is 0 Å². The first-order valence-electron chi connectivity index (χ1n) is 18.7. The SMILES string of the molecule is CCCCOC1C(O[C@@H]2OC(C)C(OC(=O)c3ccccc3)C(OC(=O)c3ccccc3)C2OC(=O)c2ccccc2)[C@H](C)OC(C)[C@@H]1OCCCC. The maximum absolute atomic E-state index is 13.8. The monoisotopic (exact) mass is 732 g/mol. The zero-order chi connectivity index (χ0) is 37.7. The fourth-order valence-corrected chi connectivity index (χ4v) is 6.51. The Morgan fingerprint density at radius 1 is 0.491 bits per heavy atom. The van der Waals surface area contributed by atoms with Crippen molar-refractivity contribution in [2.24, 2.45) is 0 Å². The summed E-state index contributed by atoms with van der Waals surface area (Å²) in [6.07, 6.45) is -5.15. The standard InChI is InChI=1S/C42H52O11/c1-6-8-25-46-33-27(3)48-28(4)34(36(33)47-26-9-7-2)53-42-38(52-41(45)32-23-17-12-18-24-32)37(51-40(44)31-21-15-11-16-22-31)35(29(5)49-42)50-39(43)30-19-13-10-14-20-30/h10-24,27-29,33-38,42H,6-9,25-26H2,1-5H3/t27?,28-,29?,33-,34?,35?,36?,37?,38?,42-/m0/s1. The Hall–Kier alpha value is -4.13. The second-order valence-corrected chi connectivity index (χ2v) is 13.4. The molecule has 11 heteroatoms. The molecular formula is C42H52O11. The average Bonchev–Trinajstić information content (AvgIpc) is 3.17. The fraction of sp³-hybridized carbons (Fsp3) is 0.500. The van der Waals surface area contributed by atoms with E-state index in [0.717, 1.165) is 25.7 Å². The van der Waals surface area contributed by atoms with Crippen LogP contribution in [0.15, 0.2) is 91.0 Å². The maximum Gasteiger partial charge on any atom is 0.338 e. The van der Waals surface area contributed by atoms with Crippen molar-refractivity contribution in [2.45, 2.75) is 122 Å². The Morgan fingerprint density at radius 2 is 0.887 bits per heavy atom. The van der Waals surface area contributed by atoms with Gasteiger partial charge in [-0.1, -0.05) is 81.3 Å². The summed E-state index contributed by atoms with van der Waals surface area (Å²) < 4.78 is 50.8. The highest BCUT2D eigenvalue weighted by Crippen LogP contribution is 2.35. The van der Waals surface area contributed by atoms with Crippen LogP contribution < -0.4 is 0 Å². The number of carbonyl (C=O) groups excluding carboxylic acids is 3. The molecule has 0 N–H and O–H groups in total. The molecule has 7 unspecified atom stereocenters. The van der Waals surface area contributed by atoms with Gasteiger partial charge in [-0.25, -0.2) is 14.4 Å². The van der Waals surface area contributed by atoms with Crippen molar-refractivity contribution in [1.29, 1.82) is 0 Å². The Morgan fingerprint density at radius 3 is 1.36 bits per heavy atom. The van der Waals surface area contributed by atoms with Crippen LogP contribution in [0.5, 0.6) is 0 Å². The van der Waals surface area contributed by atoms with Crippen molar-refractivity contribution in [3.8, 4) is 0 Å². The third kappa shape index (κ3) is 10.5. The zero-order valence-electron chi connectivity index (χ0n) is 31.2. The largest absolute Gasteiger partial charge is 0.452 e. The van der Waals surface area contributed by atoms with Gasteiger partial charge in [0.05, 0.1) is 35.0 Å². The molecule has 5 rings (SSSR count). The molecule has 2 aliphatic heterocycles. The number of carbonyl (C=O) groups is 3. The summed E-state index contributed by atoms with van der Waals surface area (Å²) in [5.41, 5.74) is 0.793. The molecule has 11 nitrogen and oxygen atoms in total. The molecule has 0 aromatic heterocycles. The van der Waals surface area contributed by atoms with E-state index in [9.17, 15) is 14.4 Å². The fourth-order valence-electron chi connectivity index (χ4n) is 6.51. The number of unbranched alkanes of at least 4 members (excludes halogenated alkanes) is 2. The average molecular weight is 733 g/mol. The van der Waals surface area contributed by atoms with Crippen LogP contribution in [0, 0.1) is 0 Å². The summed E-state index contributed by atoms with van der Waals surface area (Å²) in [4.78, 5) is 41.0. The molecule has 2 saturated heterocycles. The molecule has 0 aliphatic carbocycles. The smallest absolute Gasteiger partial charge is 0.338 e. The molecule has 2 fully saturated rings.